The molecule has 0 aliphatic rings. The maximum Gasteiger partial charge on any atom is 0.0992 e. The Hall–Kier alpha value is -0.860. The highest BCUT2D eigenvalue weighted by Gasteiger charge is 2.21. The first-order valence-electron chi connectivity index (χ1n) is 6.62. The number of aryl methyl sites for hydroxylation is 1. The molecule has 0 aromatic heterocycles. The summed E-state index contributed by atoms with van der Waals surface area (Å²) in [7, 11) is 0. The van der Waals surface area contributed by atoms with Crippen molar-refractivity contribution in [3.63, 3.8) is 0 Å². The van der Waals surface area contributed by atoms with E-state index < -0.39 is 5.60 Å². The topological polar surface area (TPSA) is 32.3 Å². The van der Waals surface area contributed by atoms with Gasteiger partial charge >= 0.3 is 0 Å². The molecule has 0 saturated carbocycles. The number of rotatable bonds is 7. The minimum atomic E-state index is -0.778. The van der Waals surface area contributed by atoms with Crippen molar-refractivity contribution >= 4 is 0 Å². The summed E-state index contributed by atoms with van der Waals surface area (Å²) in [5, 5.41) is 13.6. The first kappa shape index (κ1) is 14.2. The highest BCUT2D eigenvalue weighted by Crippen LogP contribution is 2.20. The number of aliphatic hydroxyl groups is 1. The van der Waals surface area contributed by atoms with E-state index in [0.29, 0.717) is 6.54 Å². The molecule has 2 N–H and O–H groups in total. The maximum atomic E-state index is 10.4. The Morgan fingerprint density at radius 2 is 1.76 bits per heavy atom. The first-order valence-corrected chi connectivity index (χ1v) is 6.62. The minimum absolute atomic E-state index is 0.605. The molecule has 2 nitrogen and oxygen atoms in total. The third kappa shape index (κ3) is 4.49. The van der Waals surface area contributed by atoms with Gasteiger partial charge in [0, 0.05) is 6.54 Å². The van der Waals surface area contributed by atoms with Crippen LogP contribution in [0.4, 0.5) is 0 Å². The van der Waals surface area contributed by atoms with Crippen LogP contribution >= 0.6 is 0 Å². The van der Waals surface area contributed by atoms with Crippen molar-refractivity contribution in [2.75, 3.05) is 13.1 Å². The van der Waals surface area contributed by atoms with Crippen molar-refractivity contribution in [3.8, 4) is 0 Å². The standard InChI is InChI=1S/C15H25NO/c1-4-6-13-7-9-14(10-8-13)15(3,17)12-16-11-5-2/h7-10,16-17H,4-6,11-12H2,1-3H3. The third-order valence-corrected chi connectivity index (χ3v) is 3.01. The zero-order valence-electron chi connectivity index (χ0n) is 11.3. The van der Waals surface area contributed by atoms with E-state index in [1.54, 1.807) is 0 Å². The third-order valence-electron chi connectivity index (χ3n) is 3.01. The normalized spacial score (nSPS) is 14.6. The molecule has 96 valence electrons. The lowest BCUT2D eigenvalue weighted by Crippen LogP contribution is -2.35. The van der Waals surface area contributed by atoms with E-state index in [-0.39, 0.29) is 0 Å². The van der Waals surface area contributed by atoms with E-state index in [9.17, 15) is 5.11 Å². The Morgan fingerprint density at radius 3 is 2.29 bits per heavy atom. The molecule has 0 heterocycles. The fourth-order valence-corrected chi connectivity index (χ4v) is 1.93. The molecule has 1 unspecified atom stereocenters. The van der Waals surface area contributed by atoms with E-state index in [4.69, 9.17) is 0 Å². The fourth-order valence-electron chi connectivity index (χ4n) is 1.93. The van der Waals surface area contributed by atoms with Crippen molar-refractivity contribution in [1.29, 1.82) is 0 Å². The predicted molar refractivity (Wildman–Crippen MR) is 73.2 cm³/mol. The van der Waals surface area contributed by atoms with Gasteiger partial charge in [0.15, 0.2) is 0 Å². The molecule has 0 radical (unpaired) electrons. The zero-order valence-corrected chi connectivity index (χ0v) is 11.3. The fraction of sp³-hybridized carbons (Fsp3) is 0.600. The molecule has 0 spiro atoms. The van der Waals surface area contributed by atoms with Gasteiger partial charge in [0.1, 0.15) is 0 Å². The second-order valence-corrected chi connectivity index (χ2v) is 4.90. The van der Waals surface area contributed by atoms with Crippen LogP contribution in [0.3, 0.4) is 0 Å². The van der Waals surface area contributed by atoms with Crippen LogP contribution < -0.4 is 5.32 Å². The molecule has 0 amide bonds. The number of nitrogens with one attached hydrogen (secondary N) is 1. The largest absolute Gasteiger partial charge is 0.384 e. The molecule has 0 aliphatic heterocycles. The predicted octanol–water partition coefficient (Wildman–Crippen LogP) is 2.85. The smallest absolute Gasteiger partial charge is 0.0992 e. The van der Waals surface area contributed by atoms with Gasteiger partial charge in [-0.1, -0.05) is 44.5 Å². The van der Waals surface area contributed by atoms with E-state index in [2.05, 4.69) is 31.3 Å². The Balaban J connectivity index is 2.63. The SMILES string of the molecule is CCCNCC(C)(O)c1ccc(CCC)cc1. The highest BCUT2D eigenvalue weighted by molar-refractivity contribution is 5.27. The van der Waals surface area contributed by atoms with Crippen LogP contribution in [0, 0.1) is 0 Å². The number of hydrogen-bond acceptors (Lipinski definition) is 2. The van der Waals surface area contributed by atoms with E-state index >= 15 is 0 Å². The monoisotopic (exact) mass is 235 g/mol. The van der Waals surface area contributed by atoms with Crippen LogP contribution in [0.15, 0.2) is 24.3 Å². The van der Waals surface area contributed by atoms with Gasteiger partial charge in [-0.2, -0.15) is 0 Å². The quantitative estimate of drug-likeness (QED) is 0.712. The van der Waals surface area contributed by atoms with E-state index in [0.717, 1.165) is 31.4 Å². The summed E-state index contributed by atoms with van der Waals surface area (Å²) >= 11 is 0. The van der Waals surface area contributed by atoms with Crippen LogP contribution in [0.25, 0.3) is 0 Å². The van der Waals surface area contributed by atoms with Gasteiger partial charge < -0.3 is 10.4 Å². The van der Waals surface area contributed by atoms with E-state index in [1.807, 2.05) is 19.1 Å². The number of hydrogen-bond donors (Lipinski definition) is 2. The van der Waals surface area contributed by atoms with Crippen molar-refractivity contribution in [2.45, 2.75) is 45.6 Å². The lowest BCUT2D eigenvalue weighted by molar-refractivity contribution is 0.0572. The molecular formula is C15H25NO. The highest BCUT2D eigenvalue weighted by atomic mass is 16.3. The number of benzene rings is 1. The molecule has 1 atom stereocenters. The van der Waals surface area contributed by atoms with Crippen LogP contribution in [0.5, 0.6) is 0 Å². The Morgan fingerprint density at radius 1 is 1.12 bits per heavy atom. The zero-order chi connectivity index (χ0) is 12.7. The molecule has 1 aromatic rings. The summed E-state index contributed by atoms with van der Waals surface area (Å²) in [5.41, 5.74) is 1.55. The van der Waals surface area contributed by atoms with Crippen molar-refractivity contribution < 1.29 is 5.11 Å². The Labute approximate surface area is 105 Å². The molecule has 17 heavy (non-hydrogen) atoms. The van der Waals surface area contributed by atoms with Crippen molar-refractivity contribution in [1.82, 2.24) is 5.32 Å². The van der Waals surface area contributed by atoms with Crippen molar-refractivity contribution in [3.05, 3.63) is 35.4 Å². The van der Waals surface area contributed by atoms with Gasteiger partial charge in [-0.25, -0.2) is 0 Å². The minimum Gasteiger partial charge on any atom is -0.384 e. The van der Waals surface area contributed by atoms with Gasteiger partial charge in [0.25, 0.3) is 0 Å². The van der Waals surface area contributed by atoms with Crippen LogP contribution in [0.1, 0.15) is 44.7 Å². The molecule has 2 heteroatoms. The summed E-state index contributed by atoms with van der Waals surface area (Å²) < 4.78 is 0. The maximum absolute atomic E-state index is 10.4. The first-order chi connectivity index (χ1) is 8.10. The van der Waals surface area contributed by atoms with Gasteiger partial charge in [0.05, 0.1) is 5.60 Å². The lowest BCUT2D eigenvalue weighted by atomic mass is 9.94. The molecule has 0 bridgehead atoms. The molecule has 1 rings (SSSR count). The summed E-state index contributed by atoms with van der Waals surface area (Å²) in [5.74, 6) is 0. The lowest BCUT2D eigenvalue weighted by Gasteiger charge is -2.24. The van der Waals surface area contributed by atoms with Gasteiger partial charge in [0.2, 0.25) is 0 Å². The second kappa shape index (κ2) is 6.77. The molecule has 0 fully saturated rings. The van der Waals surface area contributed by atoms with Crippen molar-refractivity contribution in [2.24, 2.45) is 0 Å². The average molecular weight is 235 g/mol. The summed E-state index contributed by atoms with van der Waals surface area (Å²) in [6.07, 6.45) is 3.36. The van der Waals surface area contributed by atoms with Crippen LogP contribution in [0.2, 0.25) is 0 Å². The molecule has 0 aliphatic carbocycles. The van der Waals surface area contributed by atoms with Crippen LogP contribution in [-0.4, -0.2) is 18.2 Å². The van der Waals surface area contributed by atoms with E-state index in [1.165, 1.54) is 5.56 Å². The summed E-state index contributed by atoms with van der Waals surface area (Å²) in [4.78, 5) is 0. The van der Waals surface area contributed by atoms with Gasteiger partial charge in [-0.15, -0.1) is 0 Å². The Kier molecular flexibility index (Phi) is 5.66. The molecule has 1 aromatic carbocycles. The summed E-state index contributed by atoms with van der Waals surface area (Å²) in [6.45, 7) is 7.72. The average Bonchev–Trinajstić information content (AvgIpc) is 2.30. The Bertz CT molecular complexity index is 316. The van der Waals surface area contributed by atoms with Gasteiger partial charge in [-0.05, 0) is 37.4 Å². The van der Waals surface area contributed by atoms with Gasteiger partial charge in [-0.3, -0.25) is 0 Å². The van der Waals surface area contributed by atoms with Crippen LogP contribution in [-0.2, 0) is 12.0 Å². The molecule has 0 saturated heterocycles. The summed E-state index contributed by atoms with van der Waals surface area (Å²) in [6, 6.07) is 8.32. The second-order valence-electron chi connectivity index (χ2n) is 4.90. The molecular weight excluding hydrogens is 210 g/mol.